The Balaban J connectivity index is 1.66. The third-order valence-corrected chi connectivity index (χ3v) is 5.70. The van der Waals surface area contributed by atoms with E-state index in [4.69, 9.17) is 4.74 Å². The normalized spacial score (nSPS) is 10.4. The fourth-order valence-corrected chi connectivity index (χ4v) is 4.16. The zero-order chi connectivity index (χ0) is 20.8. The molecule has 0 saturated carbocycles. The highest BCUT2D eigenvalue weighted by Gasteiger charge is 2.20. The van der Waals surface area contributed by atoms with E-state index in [1.165, 1.54) is 23.5 Å². The minimum absolute atomic E-state index is 0.0103. The molecule has 0 aliphatic heterocycles. The Morgan fingerprint density at radius 3 is 2.66 bits per heavy atom. The summed E-state index contributed by atoms with van der Waals surface area (Å²) in [4.78, 5) is 39.6. The Morgan fingerprint density at radius 1 is 1.24 bits per heavy atom. The van der Waals surface area contributed by atoms with E-state index in [1.807, 2.05) is 12.3 Å². The lowest BCUT2D eigenvalue weighted by molar-refractivity contribution is -0.387. The number of nitro groups is 1. The molecule has 148 valence electrons. The van der Waals surface area contributed by atoms with Gasteiger partial charge in [0.15, 0.2) is 10.9 Å². The average Bonchev–Trinajstić information content (AvgIpc) is 3.11. The summed E-state index contributed by atoms with van der Waals surface area (Å²) in [6, 6.07) is 12.8. The lowest BCUT2D eigenvalue weighted by Crippen LogP contribution is -2.20. The van der Waals surface area contributed by atoms with Gasteiger partial charge in [0.1, 0.15) is 0 Å². The number of aryl methyl sites for hydroxylation is 1. The maximum absolute atomic E-state index is 12.2. The number of aromatic nitrogens is 1. The van der Waals surface area contributed by atoms with E-state index in [1.54, 1.807) is 30.3 Å². The Labute approximate surface area is 174 Å². The monoisotopic (exact) mass is 429 g/mol. The van der Waals surface area contributed by atoms with E-state index in [0.29, 0.717) is 14.9 Å². The molecule has 1 heterocycles. The first-order valence-corrected chi connectivity index (χ1v) is 10.0. The van der Waals surface area contributed by atoms with Crippen molar-refractivity contribution in [1.29, 1.82) is 0 Å². The van der Waals surface area contributed by atoms with Crippen molar-refractivity contribution < 1.29 is 19.2 Å². The number of benzene rings is 2. The third kappa shape index (κ3) is 5.62. The van der Waals surface area contributed by atoms with Crippen molar-refractivity contribution in [3.05, 3.63) is 75.3 Å². The number of nitro benzene ring substituents is 1. The summed E-state index contributed by atoms with van der Waals surface area (Å²) in [5.41, 5.74) is 1.16. The van der Waals surface area contributed by atoms with Crippen LogP contribution in [0.1, 0.15) is 16.1 Å². The molecule has 0 radical (unpaired) electrons. The van der Waals surface area contributed by atoms with Crippen LogP contribution in [0, 0.1) is 17.0 Å². The third-order valence-electron chi connectivity index (χ3n) is 3.58. The molecule has 1 aromatic heterocycles. The Morgan fingerprint density at radius 2 is 2.00 bits per heavy atom. The molecule has 0 fully saturated rings. The highest BCUT2D eigenvalue weighted by molar-refractivity contribution is 8.01. The number of ether oxygens (including phenoxy) is 1. The molecule has 0 unspecified atom stereocenters. The van der Waals surface area contributed by atoms with Gasteiger partial charge in [0, 0.05) is 22.8 Å². The number of hydrogen-bond acceptors (Lipinski definition) is 8. The van der Waals surface area contributed by atoms with Crippen LogP contribution in [0.2, 0.25) is 0 Å². The van der Waals surface area contributed by atoms with E-state index in [9.17, 15) is 19.7 Å². The predicted octanol–water partition coefficient (Wildman–Crippen LogP) is 4.31. The molecule has 3 rings (SSSR count). The van der Waals surface area contributed by atoms with Gasteiger partial charge in [-0.15, -0.1) is 11.3 Å². The number of rotatable bonds is 7. The summed E-state index contributed by atoms with van der Waals surface area (Å²) in [5.74, 6) is -1.33. The molecular formula is C19H15N3O5S2. The molecule has 0 bridgehead atoms. The molecule has 8 nitrogen and oxygen atoms in total. The maximum Gasteiger partial charge on any atom is 0.338 e. The molecular weight excluding hydrogens is 414 g/mol. The van der Waals surface area contributed by atoms with Crippen molar-refractivity contribution in [3.8, 4) is 0 Å². The summed E-state index contributed by atoms with van der Waals surface area (Å²) < 4.78 is 5.63. The molecule has 10 heteroatoms. The van der Waals surface area contributed by atoms with Gasteiger partial charge < -0.3 is 10.1 Å². The minimum Gasteiger partial charge on any atom is -0.452 e. The Kier molecular flexibility index (Phi) is 6.57. The van der Waals surface area contributed by atoms with Crippen LogP contribution in [-0.2, 0) is 9.53 Å². The number of carbonyl (C=O) groups excluding carboxylic acids is 2. The van der Waals surface area contributed by atoms with Crippen LogP contribution in [0.3, 0.4) is 0 Å². The van der Waals surface area contributed by atoms with E-state index in [0.717, 1.165) is 23.5 Å². The molecule has 3 aromatic rings. The summed E-state index contributed by atoms with van der Waals surface area (Å²) in [5, 5.41) is 15.9. The first kappa shape index (κ1) is 20.5. The van der Waals surface area contributed by atoms with Gasteiger partial charge in [-0.1, -0.05) is 30.0 Å². The van der Waals surface area contributed by atoms with Crippen LogP contribution in [0.25, 0.3) is 0 Å². The van der Waals surface area contributed by atoms with Gasteiger partial charge in [0.05, 0.1) is 15.4 Å². The van der Waals surface area contributed by atoms with Crippen LogP contribution >= 0.6 is 23.1 Å². The highest BCUT2D eigenvalue weighted by Crippen LogP contribution is 2.36. The summed E-state index contributed by atoms with van der Waals surface area (Å²) in [7, 11) is 0. The van der Waals surface area contributed by atoms with Gasteiger partial charge in [0.25, 0.3) is 11.6 Å². The molecule has 0 atom stereocenters. The van der Waals surface area contributed by atoms with Crippen molar-refractivity contribution >= 4 is 46.3 Å². The van der Waals surface area contributed by atoms with Crippen LogP contribution < -0.4 is 5.32 Å². The lowest BCUT2D eigenvalue weighted by atomic mass is 10.2. The molecule has 0 spiro atoms. The predicted molar refractivity (Wildman–Crippen MR) is 109 cm³/mol. The summed E-state index contributed by atoms with van der Waals surface area (Å²) in [6.45, 7) is 1.33. The fourth-order valence-electron chi connectivity index (χ4n) is 2.28. The number of carbonyl (C=O) groups is 2. The second-order valence-corrected chi connectivity index (χ2v) is 7.93. The van der Waals surface area contributed by atoms with E-state index in [2.05, 4.69) is 10.3 Å². The number of thiazole rings is 1. The van der Waals surface area contributed by atoms with Crippen molar-refractivity contribution in [2.45, 2.75) is 16.2 Å². The van der Waals surface area contributed by atoms with E-state index in [-0.39, 0.29) is 11.3 Å². The van der Waals surface area contributed by atoms with Crippen LogP contribution in [0.15, 0.2) is 63.1 Å². The quantitative estimate of drug-likeness (QED) is 0.338. The number of para-hydroxylation sites is 1. The van der Waals surface area contributed by atoms with Gasteiger partial charge in [-0.2, -0.15) is 0 Å². The molecule has 0 aliphatic carbocycles. The van der Waals surface area contributed by atoms with E-state index >= 15 is 0 Å². The van der Waals surface area contributed by atoms with Crippen molar-refractivity contribution in [2.24, 2.45) is 0 Å². The van der Waals surface area contributed by atoms with Gasteiger partial charge in [-0.25, -0.2) is 9.78 Å². The highest BCUT2D eigenvalue weighted by atomic mass is 32.2. The van der Waals surface area contributed by atoms with Crippen molar-refractivity contribution in [3.63, 3.8) is 0 Å². The average molecular weight is 429 g/mol. The topological polar surface area (TPSA) is 111 Å². The number of anilines is 1. The van der Waals surface area contributed by atoms with Crippen molar-refractivity contribution in [2.75, 3.05) is 11.9 Å². The zero-order valence-electron chi connectivity index (χ0n) is 15.2. The van der Waals surface area contributed by atoms with Crippen LogP contribution in [0.4, 0.5) is 11.4 Å². The standard InChI is InChI=1S/C19H15N3O5S2/c1-12-11-28-19(20-12)29-16-8-7-13(9-15(16)22(25)26)18(24)27-10-17(23)21-14-5-3-2-4-6-14/h2-9,11H,10H2,1H3,(H,21,23). The summed E-state index contributed by atoms with van der Waals surface area (Å²) >= 11 is 2.53. The van der Waals surface area contributed by atoms with Crippen LogP contribution in [0.5, 0.6) is 0 Å². The zero-order valence-corrected chi connectivity index (χ0v) is 16.8. The number of hydrogen-bond donors (Lipinski definition) is 1. The Hall–Kier alpha value is -3.24. The molecule has 29 heavy (non-hydrogen) atoms. The molecule has 1 amide bonds. The number of nitrogens with one attached hydrogen (secondary N) is 1. The minimum atomic E-state index is -0.821. The first-order valence-electron chi connectivity index (χ1n) is 8.33. The maximum atomic E-state index is 12.2. The lowest BCUT2D eigenvalue weighted by Gasteiger charge is -2.07. The molecule has 0 saturated heterocycles. The molecule has 1 N–H and O–H groups in total. The smallest absolute Gasteiger partial charge is 0.338 e. The molecule has 2 aromatic carbocycles. The van der Waals surface area contributed by atoms with E-state index < -0.39 is 23.4 Å². The number of amides is 1. The van der Waals surface area contributed by atoms with Gasteiger partial charge in [-0.05, 0) is 31.2 Å². The first-order chi connectivity index (χ1) is 13.9. The van der Waals surface area contributed by atoms with Gasteiger partial charge >= 0.3 is 5.97 Å². The van der Waals surface area contributed by atoms with Gasteiger partial charge in [-0.3, -0.25) is 14.9 Å². The number of nitrogens with zero attached hydrogens (tertiary/aromatic N) is 2. The molecule has 0 aliphatic rings. The SMILES string of the molecule is Cc1csc(Sc2ccc(C(=O)OCC(=O)Nc3ccccc3)cc2[N+](=O)[O-])n1. The summed E-state index contributed by atoms with van der Waals surface area (Å²) in [6.07, 6.45) is 0. The largest absolute Gasteiger partial charge is 0.452 e. The van der Waals surface area contributed by atoms with Gasteiger partial charge in [0.2, 0.25) is 0 Å². The van der Waals surface area contributed by atoms with Crippen LogP contribution in [-0.4, -0.2) is 28.4 Å². The second kappa shape index (κ2) is 9.30. The Bertz CT molecular complexity index is 1050. The van der Waals surface area contributed by atoms with Crippen molar-refractivity contribution in [1.82, 2.24) is 4.98 Å². The number of esters is 1. The second-order valence-electron chi connectivity index (χ2n) is 5.79. The fraction of sp³-hybridized carbons (Fsp3) is 0.105.